The lowest BCUT2D eigenvalue weighted by atomic mass is 10.2. The lowest BCUT2D eigenvalue weighted by molar-refractivity contribution is -0.119. The van der Waals surface area contributed by atoms with E-state index in [1.807, 2.05) is 39.0 Å². The van der Waals surface area contributed by atoms with Gasteiger partial charge in [-0.1, -0.05) is 6.07 Å². The van der Waals surface area contributed by atoms with Gasteiger partial charge < -0.3 is 21.1 Å². The van der Waals surface area contributed by atoms with Gasteiger partial charge >= 0.3 is 0 Å². The molecule has 1 aromatic carbocycles. The number of carbonyl (C=O) groups is 1. The van der Waals surface area contributed by atoms with Crippen molar-refractivity contribution in [1.29, 1.82) is 0 Å². The summed E-state index contributed by atoms with van der Waals surface area (Å²) in [5.41, 5.74) is 7.20. The van der Waals surface area contributed by atoms with Gasteiger partial charge in [-0.2, -0.15) is 0 Å². The zero-order chi connectivity index (χ0) is 13.5. The predicted octanol–water partition coefficient (Wildman–Crippen LogP) is 1.60. The van der Waals surface area contributed by atoms with Crippen LogP contribution < -0.4 is 21.1 Å². The van der Waals surface area contributed by atoms with Gasteiger partial charge in [0.2, 0.25) is 5.91 Å². The van der Waals surface area contributed by atoms with Crippen molar-refractivity contribution in [2.24, 2.45) is 0 Å². The Balaban J connectivity index is 2.68. The molecule has 4 N–H and O–H groups in total. The highest BCUT2D eigenvalue weighted by Gasteiger charge is 2.08. The van der Waals surface area contributed by atoms with Gasteiger partial charge in [0.15, 0.2) is 0 Å². The SMILES string of the molecule is CCNC(=O)CNc1cccc(OC(C)C)c1N. The summed E-state index contributed by atoms with van der Waals surface area (Å²) in [5, 5.41) is 5.70. The van der Waals surface area contributed by atoms with E-state index in [1.54, 1.807) is 0 Å². The predicted molar refractivity (Wildman–Crippen MR) is 73.8 cm³/mol. The lowest BCUT2D eigenvalue weighted by Gasteiger charge is -2.15. The number of nitrogen functional groups attached to an aromatic ring is 1. The minimum absolute atomic E-state index is 0.0611. The largest absolute Gasteiger partial charge is 0.489 e. The van der Waals surface area contributed by atoms with Gasteiger partial charge in [-0.05, 0) is 32.9 Å². The average Bonchev–Trinajstić information content (AvgIpc) is 2.30. The highest BCUT2D eigenvalue weighted by Crippen LogP contribution is 2.29. The number of amides is 1. The fraction of sp³-hybridized carbons (Fsp3) is 0.462. The van der Waals surface area contributed by atoms with Crippen LogP contribution in [0.1, 0.15) is 20.8 Å². The summed E-state index contributed by atoms with van der Waals surface area (Å²) in [4.78, 5) is 11.3. The smallest absolute Gasteiger partial charge is 0.239 e. The topological polar surface area (TPSA) is 76.4 Å². The van der Waals surface area contributed by atoms with Crippen molar-refractivity contribution in [3.63, 3.8) is 0 Å². The average molecular weight is 251 g/mol. The molecule has 5 nitrogen and oxygen atoms in total. The van der Waals surface area contributed by atoms with E-state index in [-0.39, 0.29) is 18.6 Å². The van der Waals surface area contributed by atoms with Gasteiger partial charge in [0.25, 0.3) is 0 Å². The molecule has 0 unspecified atom stereocenters. The second-order valence-corrected chi connectivity index (χ2v) is 4.19. The number of benzene rings is 1. The lowest BCUT2D eigenvalue weighted by Crippen LogP contribution is -2.29. The molecule has 0 aliphatic heterocycles. The summed E-state index contributed by atoms with van der Waals surface area (Å²) in [6.45, 7) is 6.57. The molecule has 1 amide bonds. The van der Waals surface area contributed by atoms with Crippen molar-refractivity contribution in [3.05, 3.63) is 18.2 Å². The van der Waals surface area contributed by atoms with Crippen LogP contribution in [0.4, 0.5) is 11.4 Å². The van der Waals surface area contributed by atoms with E-state index in [4.69, 9.17) is 10.5 Å². The number of rotatable bonds is 6. The Bertz CT molecular complexity index is 405. The van der Waals surface area contributed by atoms with E-state index in [9.17, 15) is 4.79 Å². The molecule has 0 bridgehead atoms. The molecule has 0 radical (unpaired) electrons. The van der Waals surface area contributed by atoms with Crippen LogP contribution in [0.3, 0.4) is 0 Å². The third-order valence-electron chi connectivity index (χ3n) is 2.24. The minimum atomic E-state index is -0.0629. The molecule has 0 aliphatic rings. The summed E-state index contributed by atoms with van der Waals surface area (Å²) < 4.78 is 5.57. The Kier molecular flexibility index (Phi) is 5.30. The zero-order valence-electron chi connectivity index (χ0n) is 11.1. The van der Waals surface area contributed by atoms with Gasteiger partial charge in [-0.3, -0.25) is 4.79 Å². The van der Waals surface area contributed by atoms with Crippen molar-refractivity contribution < 1.29 is 9.53 Å². The van der Waals surface area contributed by atoms with Crippen LogP contribution in [0.15, 0.2) is 18.2 Å². The first-order valence-corrected chi connectivity index (χ1v) is 6.10. The Morgan fingerprint density at radius 2 is 2.17 bits per heavy atom. The van der Waals surface area contributed by atoms with Crippen molar-refractivity contribution in [2.75, 3.05) is 24.1 Å². The number of hydrogen-bond acceptors (Lipinski definition) is 4. The Morgan fingerprint density at radius 1 is 1.44 bits per heavy atom. The summed E-state index contributed by atoms with van der Waals surface area (Å²) in [6.07, 6.45) is 0.0611. The van der Waals surface area contributed by atoms with Crippen LogP contribution in [-0.2, 0) is 4.79 Å². The number of likely N-dealkylation sites (N-methyl/N-ethyl adjacent to an activating group) is 1. The van der Waals surface area contributed by atoms with E-state index < -0.39 is 0 Å². The molecule has 0 aromatic heterocycles. The van der Waals surface area contributed by atoms with E-state index in [1.165, 1.54) is 0 Å². The summed E-state index contributed by atoms with van der Waals surface area (Å²) in [7, 11) is 0. The van der Waals surface area contributed by atoms with Crippen LogP contribution in [-0.4, -0.2) is 25.1 Å². The normalized spacial score (nSPS) is 10.2. The van der Waals surface area contributed by atoms with E-state index in [0.29, 0.717) is 23.7 Å². The highest BCUT2D eigenvalue weighted by molar-refractivity contribution is 5.83. The van der Waals surface area contributed by atoms with E-state index >= 15 is 0 Å². The van der Waals surface area contributed by atoms with Gasteiger partial charge in [0.1, 0.15) is 5.75 Å². The van der Waals surface area contributed by atoms with Gasteiger partial charge in [0.05, 0.1) is 24.0 Å². The number of anilines is 2. The first kappa shape index (κ1) is 14.2. The second kappa shape index (κ2) is 6.74. The summed E-state index contributed by atoms with van der Waals surface area (Å²) >= 11 is 0. The molecule has 18 heavy (non-hydrogen) atoms. The van der Waals surface area contributed by atoms with E-state index in [0.717, 1.165) is 0 Å². The fourth-order valence-corrected chi connectivity index (χ4v) is 1.49. The molecule has 1 rings (SSSR count). The highest BCUT2D eigenvalue weighted by atomic mass is 16.5. The van der Waals surface area contributed by atoms with Crippen LogP contribution in [0.5, 0.6) is 5.75 Å². The molecule has 0 saturated heterocycles. The van der Waals surface area contributed by atoms with Crippen molar-refractivity contribution in [3.8, 4) is 5.75 Å². The number of hydrogen-bond donors (Lipinski definition) is 3. The first-order chi connectivity index (χ1) is 8.54. The third-order valence-corrected chi connectivity index (χ3v) is 2.24. The molecule has 0 atom stereocenters. The molecular weight excluding hydrogens is 230 g/mol. The molecule has 0 fully saturated rings. The maximum absolute atomic E-state index is 11.3. The Labute approximate surface area is 108 Å². The van der Waals surface area contributed by atoms with Crippen LogP contribution in [0.25, 0.3) is 0 Å². The molecule has 100 valence electrons. The number of nitrogens with two attached hydrogens (primary N) is 1. The number of carbonyl (C=O) groups excluding carboxylic acids is 1. The molecule has 0 aliphatic carbocycles. The molecule has 5 heteroatoms. The fourth-order valence-electron chi connectivity index (χ4n) is 1.49. The monoisotopic (exact) mass is 251 g/mol. The summed E-state index contributed by atoms with van der Waals surface area (Å²) in [5.74, 6) is 0.568. The quantitative estimate of drug-likeness (QED) is 0.671. The number of ether oxygens (including phenoxy) is 1. The number of nitrogens with one attached hydrogen (secondary N) is 2. The van der Waals surface area contributed by atoms with Crippen LogP contribution >= 0.6 is 0 Å². The zero-order valence-corrected chi connectivity index (χ0v) is 11.1. The van der Waals surface area contributed by atoms with E-state index in [2.05, 4.69) is 10.6 Å². The third kappa shape index (κ3) is 4.16. The standard InChI is InChI=1S/C13H21N3O2/c1-4-15-12(17)8-16-10-6-5-7-11(13(10)14)18-9(2)3/h5-7,9,16H,4,8,14H2,1-3H3,(H,15,17). The molecule has 0 heterocycles. The number of para-hydroxylation sites is 1. The van der Waals surface area contributed by atoms with Crippen molar-refractivity contribution in [1.82, 2.24) is 5.32 Å². The minimum Gasteiger partial charge on any atom is -0.489 e. The van der Waals surface area contributed by atoms with Gasteiger partial charge in [0, 0.05) is 6.54 Å². The van der Waals surface area contributed by atoms with Crippen LogP contribution in [0, 0.1) is 0 Å². The Morgan fingerprint density at radius 3 is 2.78 bits per heavy atom. The molecule has 0 saturated carbocycles. The van der Waals surface area contributed by atoms with Crippen molar-refractivity contribution >= 4 is 17.3 Å². The van der Waals surface area contributed by atoms with Gasteiger partial charge in [-0.15, -0.1) is 0 Å². The molecule has 0 spiro atoms. The Hall–Kier alpha value is -1.91. The first-order valence-electron chi connectivity index (χ1n) is 6.10. The van der Waals surface area contributed by atoms with Gasteiger partial charge in [-0.25, -0.2) is 0 Å². The summed E-state index contributed by atoms with van der Waals surface area (Å²) in [6, 6.07) is 5.47. The molecular formula is C13H21N3O2. The maximum atomic E-state index is 11.3. The molecule has 1 aromatic rings. The maximum Gasteiger partial charge on any atom is 0.239 e. The van der Waals surface area contributed by atoms with Crippen LogP contribution in [0.2, 0.25) is 0 Å². The second-order valence-electron chi connectivity index (χ2n) is 4.19. The van der Waals surface area contributed by atoms with Crippen molar-refractivity contribution in [2.45, 2.75) is 26.9 Å².